The summed E-state index contributed by atoms with van der Waals surface area (Å²) in [6.07, 6.45) is 1.49. The summed E-state index contributed by atoms with van der Waals surface area (Å²) in [6.45, 7) is 1.61. The number of nitrogens with one attached hydrogen (secondary N) is 2. The molecule has 0 unspecified atom stereocenters. The minimum atomic E-state index is -3.75. The summed E-state index contributed by atoms with van der Waals surface area (Å²) in [5.41, 5.74) is 1.50. The molecule has 0 bridgehead atoms. The van der Waals surface area contributed by atoms with E-state index in [1.54, 1.807) is 19.1 Å². The molecule has 3 N–H and O–H groups in total. The third-order valence-corrected chi connectivity index (χ3v) is 4.81. The Morgan fingerprint density at radius 1 is 1.19 bits per heavy atom. The van der Waals surface area contributed by atoms with E-state index >= 15 is 0 Å². The van der Waals surface area contributed by atoms with E-state index in [1.807, 2.05) is 0 Å². The van der Waals surface area contributed by atoms with E-state index in [0.29, 0.717) is 16.9 Å². The van der Waals surface area contributed by atoms with Gasteiger partial charge >= 0.3 is 6.09 Å². The van der Waals surface area contributed by atoms with Gasteiger partial charge in [0, 0.05) is 23.6 Å². The van der Waals surface area contributed by atoms with Gasteiger partial charge in [-0.15, -0.1) is 0 Å². The highest BCUT2D eigenvalue weighted by atomic mass is 32.2. The third-order valence-electron chi connectivity index (χ3n) is 3.44. The van der Waals surface area contributed by atoms with Crippen LogP contribution in [0.25, 0.3) is 11.3 Å². The van der Waals surface area contributed by atoms with E-state index in [1.165, 1.54) is 36.7 Å². The van der Waals surface area contributed by atoms with E-state index < -0.39 is 16.1 Å². The van der Waals surface area contributed by atoms with Crippen molar-refractivity contribution in [1.82, 2.24) is 10.1 Å². The lowest BCUT2D eigenvalue weighted by molar-refractivity contribution is 0.209. The molecule has 0 aliphatic rings. The van der Waals surface area contributed by atoms with Crippen LogP contribution in [-0.4, -0.2) is 29.8 Å². The van der Waals surface area contributed by atoms with Crippen LogP contribution < -0.4 is 10.0 Å². The molecule has 0 radical (unpaired) electrons. The van der Waals surface area contributed by atoms with Crippen molar-refractivity contribution in [2.45, 2.75) is 11.8 Å². The lowest BCUT2D eigenvalue weighted by atomic mass is 10.1. The highest BCUT2D eigenvalue weighted by Gasteiger charge is 2.18. The molecule has 2 aromatic heterocycles. The van der Waals surface area contributed by atoms with Gasteiger partial charge in [0.1, 0.15) is 16.3 Å². The molecule has 3 rings (SSSR count). The Morgan fingerprint density at radius 2 is 1.92 bits per heavy atom. The monoisotopic (exact) mass is 374 g/mol. The molecule has 2 heterocycles. The Labute approximate surface area is 148 Å². The van der Waals surface area contributed by atoms with Gasteiger partial charge in [-0.2, -0.15) is 0 Å². The van der Waals surface area contributed by atoms with Gasteiger partial charge in [-0.25, -0.2) is 13.2 Å². The summed E-state index contributed by atoms with van der Waals surface area (Å²) in [5.74, 6) is 0.242. The van der Waals surface area contributed by atoms with E-state index in [9.17, 15) is 13.2 Å². The average Bonchev–Trinajstić information content (AvgIpc) is 2.96. The number of hydrogen-bond acceptors (Lipinski definition) is 6. The average molecular weight is 374 g/mol. The number of sulfonamides is 1. The second-order valence-corrected chi connectivity index (χ2v) is 6.96. The Hall–Kier alpha value is -3.40. The van der Waals surface area contributed by atoms with Crippen LogP contribution in [0, 0.1) is 6.92 Å². The van der Waals surface area contributed by atoms with Gasteiger partial charge in [0.05, 0.1) is 0 Å². The number of carbonyl (C=O) groups is 1. The first-order chi connectivity index (χ1) is 12.4. The molecule has 0 saturated carbocycles. The standard InChI is InChI=1S/C16H14N4O5S/c1-10-14(18-16(21)22)15(25-19-10)11-4-6-12(7-5-11)20-26(23,24)13-3-2-8-17-9-13/h2-9,18,20H,1H3,(H,21,22). The molecule has 0 atom stereocenters. The Balaban J connectivity index is 1.85. The fourth-order valence-electron chi connectivity index (χ4n) is 2.23. The van der Waals surface area contributed by atoms with Crippen LogP contribution >= 0.6 is 0 Å². The van der Waals surface area contributed by atoms with Gasteiger partial charge in [0.2, 0.25) is 0 Å². The van der Waals surface area contributed by atoms with Crippen molar-refractivity contribution in [3.05, 3.63) is 54.5 Å². The quantitative estimate of drug-likeness (QED) is 0.625. The number of amides is 1. The van der Waals surface area contributed by atoms with E-state index in [2.05, 4.69) is 20.2 Å². The minimum absolute atomic E-state index is 0.0443. The molecule has 3 aromatic rings. The van der Waals surface area contributed by atoms with E-state index in [0.717, 1.165) is 0 Å². The van der Waals surface area contributed by atoms with Gasteiger partial charge in [-0.05, 0) is 43.3 Å². The Bertz CT molecular complexity index is 1030. The normalized spacial score (nSPS) is 11.1. The minimum Gasteiger partial charge on any atom is -0.465 e. The predicted molar refractivity (Wildman–Crippen MR) is 93.4 cm³/mol. The molecule has 0 aliphatic carbocycles. The molecule has 10 heteroatoms. The van der Waals surface area contributed by atoms with Crippen LogP contribution in [0.1, 0.15) is 5.69 Å². The second-order valence-electron chi connectivity index (χ2n) is 5.27. The molecule has 1 amide bonds. The zero-order valence-electron chi connectivity index (χ0n) is 13.5. The van der Waals surface area contributed by atoms with Crippen molar-refractivity contribution < 1.29 is 22.8 Å². The molecule has 0 fully saturated rings. The highest BCUT2D eigenvalue weighted by Crippen LogP contribution is 2.31. The number of rotatable bonds is 5. The molecular formula is C16H14N4O5S. The zero-order valence-corrected chi connectivity index (χ0v) is 14.3. The second kappa shape index (κ2) is 6.84. The molecule has 1 aromatic carbocycles. The van der Waals surface area contributed by atoms with Crippen molar-refractivity contribution in [1.29, 1.82) is 0 Å². The summed E-state index contributed by atoms with van der Waals surface area (Å²) in [6, 6.07) is 9.21. The van der Waals surface area contributed by atoms with Gasteiger partial charge < -0.3 is 9.63 Å². The highest BCUT2D eigenvalue weighted by molar-refractivity contribution is 7.92. The van der Waals surface area contributed by atoms with Gasteiger partial charge in [-0.3, -0.25) is 15.0 Å². The Morgan fingerprint density at radius 3 is 2.54 bits per heavy atom. The number of anilines is 2. The molecule has 0 aliphatic heterocycles. The molecular weight excluding hydrogens is 360 g/mol. The molecule has 134 valence electrons. The van der Waals surface area contributed by atoms with Gasteiger partial charge in [0.15, 0.2) is 5.76 Å². The summed E-state index contributed by atoms with van der Waals surface area (Å²) < 4.78 is 32.2. The van der Waals surface area contributed by atoms with Crippen molar-refractivity contribution in [3.63, 3.8) is 0 Å². The van der Waals surface area contributed by atoms with Crippen molar-refractivity contribution in [2.24, 2.45) is 0 Å². The number of aromatic nitrogens is 2. The smallest absolute Gasteiger partial charge is 0.409 e. The fourth-order valence-corrected chi connectivity index (χ4v) is 3.25. The van der Waals surface area contributed by atoms with E-state index in [4.69, 9.17) is 9.63 Å². The molecule has 0 saturated heterocycles. The lowest BCUT2D eigenvalue weighted by Crippen LogP contribution is -2.13. The number of benzene rings is 1. The summed E-state index contributed by atoms with van der Waals surface area (Å²) in [5, 5.41) is 14.9. The number of hydrogen-bond donors (Lipinski definition) is 3. The maximum atomic E-state index is 12.3. The molecule has 9 nitrogen and oxygen atoms in total. The largest absolute Gasteiger partial charge is 0.465 e. The zero-order chi connectivity index (χ0) is 18.7. The first-order valence-electron chi connectivity index (χ1n) is 7.36. The number of aryl methyl sites for hydroxylation is 1. The topological polar surface area (TPSA) is 134 Å². The number of nitrogens with zero attached hydrogens (tertiary/aromatic N) is 2. The van der Waals surface area contributed by atoms with E-state index in [-0.39, 0.29) is 16.3 Å². The van der Waals surface area contributed by atoms with Crippen LogP contribution in [0.5, 0.6) is 0 Å². The summed E-state index contributed by atoms with van der Waals surface area (Å²) in [4.78, 5) is 14.7. The van der Waals surface area contributed by atoms with Crippen LogP contribution in [-0.2, 0) is 10.0 Å². The number of pyridine rings is 1. The first-order valence-corrected chi connectivity index (χ1v) is 8.84. The third kappa shape index (κ3) is 3.64. The lowest BCUT2D eigenvalue weighted by Gasteiger charge is -2.08. The Kier molecular flexibility index (Phi) is 4.59. The van der Waals surface area contributed by atoms with Gasteiger partial charge in [-0.1, -0.05) is 5.16 Å². The SMILES string of the molecule is Cc1noc(-c2ccc(NS(=O)(=O)c3cccnc3)cc2)c1NC(=O)O. The molecule has 26 heavy (non-hydrogen) atoms. The molecule has 0 spiro atoms. The maximum absolute atomic E-state index is 12.3. The fraction of sp³-hybridized carbons (Fsp3) is 0.0625. The van der Waals surface area contributed by atoms with Crippen molar-refractivity contribution in [2.75, 3.05) is 10.0 Å². The van der Waals surface area contributed by atoms with Crippen LogP contribution in [0.2, 0.25) is 0 Å². The first kappa shape index (κ1) is 17.4. The maximum Gasteiger partial charge on any atom is 0.409 e. The summed E-state index contributed by atoms with van der Waals surface area (Å²) >= 11 is 0. The van der Waals surface area contributed by atoms with Crippen LogP contribution in [0.3, 0.4) is 0 Å². The van der Waals surface area contributed by atoms with Crippen LogP contribution in [0.15, 0.2) is 58.2 Å². The van der Waals surface area contributed by atoms with Crippen LogP contribution in [0.4, 0.5) is 16.2 Å². The van der Waals surface area contributed by atoms with Gasteiger partial charge in [0.25, 0.3) is 10.0 Å². The number of carboxylic acid groups (broad SMARTS) is 1. The van der Waals surface area contributed by atoms with Crippen molar-refractivity contribution >= 4 is 27.5 Å². The summed E-state index contributed by atoms with van der Waals surface area (Å²) in [7, 11) is -3.75. The van der Waals surface area contributed by atoms with Crippen molar-refractivity contribution in [3.8, 4) is 11.3 Å². The predicted octanol–water partition coefficient (Wildman–Crippen LogP) is 2.94.